The zero-order valence-electron chi connectivity index (χ0n) is 16.0. The molecule has 0 atom stereocenters. The Morgan fingerprint density at radius 1 is 0.862 bits per heavy atom. The number of hydrogen-bond acceptors (Lipinski definition) is 3. The third-order valence-electron chi connectivity index (χ3n) is 5.26. The summed E-state index contributed by atoms with van der Waals surface area (Å²) >= 11 is 13.2. The van der Waals surface area contributed by atoms with E-state index in [1.54, 1.807) is 12.1 Å². The van der Waals surface area contributed by atoms with Gasteiger partial charge in [-0.25, -0.2) is 0 Å². The summed E-state index contributed by atoms with van der Waals surface area (Å²) in [5.41, 5.74) is 4.04. The van der Waals surface area contributed by atoms with E-state index in [0.29, 0.717) is 16.7 Å². The van der Waals surface area contributed by atoms with Gasteiger partial charge in [-0.2, -0.15) is 0 Å². The SMILES string of the molecule is Oc1ccc(-c2c[se]cc2-c2ccc(OCCN3CCCCC3)cc2Cl)c(Cl)c1. The van der Waals surface area contributed by atoms with Crippen molar-refractivity contribution in [1.82, 2.24) is 4.90 Å². The molecule has 0 unspecified atom stereocenters. The Kier molecular flexibility index (Phi) is 6.89. The van der Waals surface area contributed by atoms with E-state index < -0.39 is 0 Å². The van der Waals surface area contributed by atoms with Gasteiger partial charge in [0.1, 0.15) is 0 Å². The molecule has 6 heteroatoms. The van der Waals surface area contributed by atoms with Crippen molar-refractivity contribution in [2.24, 2.45) is 0 Å². The number of aromatic hydroxyl groups is 1. The number of phenols is 1. The average molecular weight is 495 g/mol. The maximum atomic E-state index is 9.64. The van der Waals surface area contributed by atoms with Crippen LogP contribution in [0.25, 0.3) is 22.3 Å². The zero-order valence-corrected chi connectivity index (χ0v) is 19.3. The zero-order chi connectivity index (χ0) is 20.2. The van der Waals surface area contributed by atoms with E-state index in [4.69, 9.17) is 27.9 Å². The van der Waals surface area contributed by atoms with Crippen LogP contribution < -0.4 is 4.74 Å². The van der Waals surface area contributed by atoms with Crippen LogP contribution in [-0.4, -0.2) is 50.8 Å². The Labute approximate surface area is 187 Å². The molecule has 1 saturated heterocycles. The molecule has 1 N–H and O–H groups in total. The van der Waals surface area contributed by atoms with Crippen LogP contribution in [0.4, 0.5) is 0 Å². The first-order valence-corrected chi connectivity index (χ1v) is 12.6. The van der Waals surface area contributed by atoms with Gasteiger partial charge >= 0.3 is 182 Å². The van der Waals surface area contributed by atoms with E-state index in [1.165, 1.54) is 32.4 Å². The number of benzene rings is 2. The van der Waals surface area contributed by atoms with Crippen LogP contribution in [0.5, 0.6) is 11.5 Å². The van der Waals surface area contributed by atoms with Crippen molar-refractivity contribution in [3.8, 4) is 33.8 Å². The fraction of sp³-hybridized carbons (Fsp3) is 0.304. The van der Waals surface area contributed by atoms with Crippen molar-refractivity contribution < 1.29 is 9.84 Å². The molecule has 0 saturated carbocycles. The van der Waals surface area contributed by atoms with Crippen LogP contribution in [0.15, 0.2) is 46.3 Å². The predicted octanol–water partition coefficient (Wildman–Crippen LogP) is 5.95. The molecule has 152 valence electrons. The van der Waals surface area contributed by atoms with Gasteiger partial charge < -0.3 is 0 Å². The molecule has 0 aliphatic carbocycles. The van der Waals surface area contributed by atoms with Crippen molar-refractivity contribution in [1.29, 1.82) is 0 Å². The summed E-state index contributed by atoms with van der Waals surface area (Å²) in [5, 5.41) is 10.8. The fourth-order valence-electron chi connectivity index (χ4n) is 3.72. The van der Waals surface area contributed by atoms with Gasteiger partial charge in [-0.05, 0) is 0 Å². The summed E-state index contributed by atoms with van der Waals surface area (Å²) in [5.74, 6) is 0.963. The molecule has 1 aliphatic heterocycles. The van der Waals surface area contributed by atoms with E-state index in [9.17, 15) is 5.11 Å². The molecule has 2 aromatic carbocycles. The molecule has 29 heavy (non-hydrogen) atoms. The molecule has 4 rings (SSSR count). The van der Waals surface area contributed by atoms with Crippen LogP contribution in [-0.2, 0) is 0 Å². The van der Waals surface area contributed by atoms with Gasteiger partial charge in [0.05, 0.1) is 0 Å². The van der Waals surface area contributed by atoms with Crippen molar-refractivity contribution in [2.45, 2.75) is 19.3 Å². The first-order valence-electron chi connectivity index (χ1n) is 9.82. The summed E-state index contributed by atoms with van der Waals surface area (Å²) in [6.07, 6.45) is 3.92. The first-order chi connectivity index (χ1) is 14.1. The standard InChI is InChI=1S/C23H23Cl2NO2Se/c24-22-12-16(27)4-6-18(22)20-14-29-15-21(20)19-7-5-17(13-23(19)25)28-11-10-26-8-2-1-3-9-26/h4-7,12-15,27H,1-3,8-11H2. The molecular weight excluding hydrogens is 472 g/mol. The molecule has 2 heterocycles. The number of likely N-dealkylation sites (tertiary alicyclic amines) is 1. The van der Waals surface area contributed by atoms with Gasteiger partial charge in [0.15, 0.2) is 0 Å². The summed E-state index contributed by atoms with van der Waals surface area (Å²) in [7, 11) is 0. The second-order valence-electron chi connectivity index (χ2n) is 7.26. The van der Waals surface area contributed by atoms with Crippen LogP contribution in [0, 0.1) is 0 Å². The molecule has 0 radical (unpaired) electrons. The summed E-state index contributed by atoms with van der Waals surface area (Å²) in [4.78, 5) is 6.87. The Morgan fingerprint density at radius 2 is 1.52 bits per heavy atom. The molecule has 0 spiro atoms. The molecule has 1 aliphatic rings. The maximum absolute atomic E-state index is 9.64. The summed E-state index contributed by atoms with van der Waals surface area (Å²) < 4.78 is 5.95. The Bertz CT molecular complexity index is 983. The number of hydrogen-bond donors (Lipinski definition) is 1. The van der Waals surface area contributed by atoms with Crippen LogP contribution in [0.1, 0.15) is 19.3 Å². The molecule has 3 nitrogen and oxygen atoms in total. The molecule has 1 aromatic heterocycles. The van der Waals surface area contributed by atoms with Crippen LogP contribution in [0.3, 0.4) is 0 Å². The van der Waals surface area contributed by atoms with Gasteiger partial charge in [-0.15, -0.1) is 0 Å². The Morgan fingerprint density at radius 3 is 2.17 bits per heavy atom. The van der Waals surface area contributed by atoms with Crippen molar-refractivity contribution in [3.63, 3.8) is 0 Å². The quantitative estimate of drug-likeness (QED) is 0.429. The number of ether oxygens (including phenoxy) is 1. The Balaban J connectivity index is 1.49. The van der Waals surface area contributed by atoms with Crippen LogP contribution in [0.2, 0.25) is 10.0 Å². The number of halogens is 2. The monoisotopic (exact) mass is 495 g/mol. The second-order valence-corrected chi connectivity index (χ2v) is 9.63. The molecule has 3 aromatic rings. The summed E-state index contributed by atoms with van der Waals surface area (Å²) in [6.45, 7) is 3.98. The van der Waals surface area contributed by atoms with E-state index in [1.807, 2.05) is 24.3 Å². The number of phenolic OH excluding ortho intramolecular Hbond substituents is 1. The molecule has 0 bridgehead atoms. The van der Waals surface area contributed by atoms with Gasteiger partial charge in [0, 0.05) is 0 Å². The molecular formula is C23H23Cl2NO2Se. The van der Waals surface area contributed by atoms with Crippen LogP contribution >= 0.6 is 23.2 Å². The van der Waals surface area contributed by atoms with E-state index in [0.717, 1.165) is 34.5 Å². The summed E-state index contributed by atoms with van der Waals surface area (Å²) in [6, 6.07) is 11.0. The average Bonchev–Trinajstić information content (AvgIpc) is 3.18. The van der Waals surface area contributed by atoms with E-state index >= 15 is 0 Å². The topological polar surface area (TPSA) is 32.7 Å². The minimum atomic E-state index is 0.164. The first kappa shape index (κ1) is 20.8. The fourth-order valence-corrected chi connectivity index (χ4v) is 6.04. The van der Waals surface area contributed by atoms with Gasteiger partial charge in [0.25, 0.3) is 0 Å². The number of piperidine rings is 1. The molecule has 1 fully saturated rings. The van der Waals surface area contributed by atoms with E-state index in [2.05, 4.69) is 14.8 Å². The number of nitrogens with zero attached hydrogens (tertiary/aromatic N) is 1. The van der Waals surface area contributed by atoms with Gasteiger partial charge in [-0.1, -0.05) is 6.42 Å². The van der Waals surface area contributed by atoms with E-state index in [-0.39, 0.29) is 20.3 Å². The molecule has 0 amide bonds. The van der Waals surface area contributed by atoms with Gasteiger partial charge in [0.2, 0.25) is 0 Å². The van der Waals surface area contributed by atoms with Gasteiger partial charge in [-0.3, -0.25) is 0 Å². The van der Waals surface area contributed by atoms with Crippen molar-refractivity contribution >= 4 is 37.7 Å². The Hall–Kier alpha value is -1.42. The third kappa shape index (κ3) is 5.02. The third-order valence-corrected chi connectivity index (χ3v) is 7.45. The second kappa shape index (κ2) is 9.59. The van der Waals surface area contributed by atoms with Crippen molar-refractivity contribution in [3.05, 3.63) is 56.3 Å². The predicted molar refractivity (Wildman–Crippen MR) is 122 cm³/mol. The van der Waals surface area contributed by atoms with Crippen molar-refractivity contribution in [2.75, 3.05) is 26.2 Å². The normalized spacial score (nSPS) is 14.8. The number of rotatable bonds is 6. The minimum absolute atomic E-state index is 0.164.